The molecule has 6 heteroatoms. The van der Waals surface area contributed by atoms with Gasteiger partial charge in [0.2, 0.25) is 0 Å². The van der Waals surface area contributed by atoms with Gasteiger partial charge in [-0.05, 0) is 37.3 Å². The minimum absolute atomic E-state index is 0.204. The lowest BCUT2D eigenvalue weighted by Gasteiger charge is -2.30. The van der Waals surface area contributed by atoms with Gasteiger partial charge in [0.15, 0.2) is 10.3 Å². The second-order valence-electron chi connectivity index (χ2n) is 8.03. The van der Waals surface area contributed by atoms with Gasteiger partial charge in [0.1, 0.15) is 0 Å². The minimum atomic E-state index is -0.204. The fraction of sp³-hybridized carbons (Fsp3) is 0.304. The smallest absolute Gasteiger partial charge is 0.168 e. The lowest BCUT2D eigenvalue weighted by Crippen LogP contribution is -2.29. The second kappa shape index (κ2) is 7.58. The number of anilines is 1. The first-order valence-electron chi connectivity index (χ1n) is 9.93. The maximum atomic E-state index is 4.96. The van der Waals surface area contributed by atoms with Crippen LogP contribution >= 0.6 is 23.5 Å². The average Bonchev–Trinajstić information content (AvgIpc) is 3.27. The Balaban J connectivity index is 1.22. The number of hydrogen-bond acceptors (Lipinski definition) is 6. The highest BCUT2D eigenvalue weighted by Gasteiger charge is 2.33. The van der Waals surface area contributed by atoms with Gasteiger partial charge >= 0.3 is 0 Å². The zero-order valence-electron chi connectivity index (χ0n) is 16.6. The highest BCUT2D eigenvalue weighted by molar-refractivity contribution is 8.17. The summed E-state index contributed by atoms with van der Waals surface area (Å²) in [6.45, 7) is 5.33. The van der Waals surface area contributed by atoms with E-state index in [1.807, 2.05) is 0 Å². The van der Waals surface area contributed by atoms with Crippen molar-refractivity contribution in [2.24, 2.45) is 9.98 Å². The molecule has 5 rings (SSSR count). The van der Waals surface area contributed by atoms with E-state index in [4.69, 9.17) is 9.98 Å². The predicted molar refractivity (Wildman–Crippen MR) is 127 cm³/mol. The van der Waals surface area contributed by atoms with E-state index in [2.05, 4.69) is 84.1 Å². The molecule has 0 aliphatic carbocycles. The Morgan fingerprint density at radius 1 is 1.14 bits per heavy atom. The van der Waals surface area contributed by atoms with E-state index >= 15 is 0 Å². The van der Waals surface area contributed by atoms with E-state index in [-0.39, 0.29) is 5.54 Å². The lowest BCUT2D eigenvalue weighted by atomic mass is 9.92. The van der Waals surface area contributed by atoms with Crippen molar-refractivity contribution in [1.29, 1.82) is 0 Å². The summed E-state index contributed by atoms with van der Waals surface area (Å²) >= 11 is 3.53. The van der Waals surface area contributed by atoms with Crippen LogP contribution in [0.25, 0.3) is 0 Å². The summed E-state index contributed by atoms with van der Waals surface area (Å²) in [4.78, 5) is 12.3. The molecule has 2 aromatic rings. The molecule has 0 spiro atoms. The summed E-state index contributed by atoms with van der Waals surface area (Å²) in [6.07, 6.45) is 1.00. The Morgan fingerprint density at radius 2 is 1.93 bits per heavy atom. The molecule has 29 heavy (non-hydrogen) atoms. The number of aliphatic imine (C=N–C) groups is 2. The summed E-state index contributed by atoms with van der Waals surface area (Å²) in [5.74, 6) is 0.897. The van der Waals surface area contributed by atoms with Crippen LogP contribution in [0, 0.1) is 0 Å². The fourth-order valence-electron chi connectivity index (χ4n) is 3.98. The van der Waals surface area contributed by atoms with Crippen LogP contribution in [-0.2, 0) is 12.0 Å². The Bertz CT molecular complexity index is 1010. The highest BCUT2D eigenvalue weighted by Crippen LogP contribution is 2.38. The van der Waals surface area contributed by atoms with E-state index in [0.29, 0.717) is 6.04 Å². The Labute approximate surface area is 180 Å². The van der Waals surface area contributed by atoms with E-state index in [1.54, 1.807) is 23.5 Å². The minimum Gasteiger partial charge on any atom is -0.335 e. The predicted octanol–water partition coefficient (Wildman–Crippen LogP) is 5.31. The van der Waals surface area contributed by atoms with Crippen molar-refractivity contribution in [2.75, 3.05) is 17.6 Å². The SMILES string of the molecule is CC1(C)N=C(SCC2=CSC3=NC(Cc4ccccc4)CN23)Nc2ccccc21. The van der Waals surface area contributed by atoms with E-state index in [9.17, 15) is 0 Å². The molecule has 0 fully saturated rings. The number of rotatable bonds is 4. The van der Waals surface area contributed by atoms with Crippen LogP contribution in [0.2, 0.25) is 0 Å². The molecule has 0 saturated carbocycles. The standard InChI is InChI=1S/C23H24N4S2/c1-23(2)19-10-6-7-11-20(19)25-21(26-23)28-14-18-15-29-22-24-17(13-27(18)22)12-16-8-4-3-5-9-16/h3-11,15,17H,12-14H2,1-2H3,(H,25,26). The highest BCUT2D eigenvalue weighted by atomic mass is 32.2. The number of benzene rings is 2. The van der Waals surface area contributed by atoms with Gasteiger partial charge in [0.25, 0.3) is 0 Å². The van der Waals surface area contributed by atoms with Gasteiger partial charge in [-0.3, -0.25) is 9.98 Å². The largest absolute Gasteiger partial charge is 0.335 e. The number of thioether (sulfide) groups is 2. The topological polar surface area (TPSA) is 40.0 Å². The average molecular weight is 421 g/mol. The van der Waals surface area contributed by atoms with Crippen LogP contribution < -0.4 is 5.32 Å². The van der Waals surface area contributed by atoms with E-state index in [0.717, 1.165) is 34.7 Å². The number of nitrogens with zero attached hydrogens (tertiary/aromatic N) is 3. The first-order valence-corrected chi connectivity index (χ1v) is 11.8. The number of para-hydroxylation sites is 1. The molecule has 3 heterocycles. The van der Waals surface area contributed by atoms with Crippen molar-refractivity contribution < 1.29 is 0 Å². The normalized spacial score (nSPS) is 21.7. The molecule has 1 atom stereocenters. The monoisotopic (exact) mass is 420 g/mol. The van der Waals surface area contributed by atoms with Crippen LogP contribution in [0.4, 0.5) is 5.69 Å². The molecule has 3 aliphatic heterocycles. The van der Waals surface area contributed by atoms with Gasteiger partial charge in [-0.15, -0.1) is 0 Å². The molecule has 0 aromatic heterocycles. The summed E-state index contributed by atoms with van der Waals surface area (Å²) in [5.41, 5.74) is 4.89. The number of hydrogen-bond donors (Lipinski definition) is 1. The molecule has 2 aromatic carbocycles. The molecule has 0 radical (unpaired) electrons. The van der Waals surface area contributed by atoms with Crippen LogP contribution in [0.5, 0.6) is 0 Å². The summed E-state index contributed by atoms with van der Waals surface area (Å²) in [5, 5.41) is 7.89. The van der Waals surface area contributed by atoms with Crippen LogP contribution in [0.1, 0.15) is 25.0 Å². The second-order valence-corrected chi connectivity index (χ2v) is 9.83. The molecule has 1 unspecified atom stereocenters. The Kier molecular flexibility index (Phi) is 4.92. The first-order chi connectivity index (χ1) is 14.1. The van der Waals surface area contributed by atoms with Crippen LogP contribution in [0.3, 0.4) is 0 Å². The fourth-order valence-corrected chi connectivity index (χ4v) is 6.06. The van der Waals surface area contributed by atoms with E-state index < -0.39 is 0 Å². The third-order valence-corrected chi connectivity index (χ3v) is 7.28. The number of nitrogens with one attached hydrogen (secondary N) is 1. The lowest BCUT2D eigenvalue weighted by molar-refractivity contribution is 0.512. The zero-order valence-corrected chi connectivity index (χ0v) is 18.3. The molecule has 0 saturated heterocycles. The number of fused-ring (bicyclic) bond motifs is 2. The Hall–Kier alpha value is -2.18. The van der Waals surface area contributed by atoms with Gasteiger partial charge in [0.05, 0.1) is 11.6 Å². The van der Waals surface area contributed by atoms with Crippen molar-refractivity contribution in [3.8, 4) is 0 Å². The maximum absolute atomic E-state index is 4.96. The van der Waals surface area contributed by atoms with E-state index in [1.165, 1.54) is 16.8 Å². The molecular weight excluding hydrogens is 396 g/mol. The molecule has 1 N–H and O–H groups in total. The van der Waals surface area contributed by atoms with Crippen molar-refractivity contribution >= 4 is 39.5 Å². The van der Waals surface area contributed by atoms with Crippen molar-refractivity contribution in [2.45, 2.75) is 31.8 Å². The zero-order chi connectivity index (χ0) is 19.8. The summed E-state index contributed by atoms with van der Waals surface area (Å²) < 4.78 is 0. The van der Waals surface area contributed by atoms with Gasteiger partial charge < -0.3 is 10.2 Å². The number of amidine groups is 2. The van der Waals surface area contributed by atoms with Gasteiger partial charge in [0, 0.05) is 29.2 Å². The molecular formula is C23H24N4S2. The molecule has 4 nitrogen and oxygen atoms in total. The third kappa shape index (κ3) is 3.83. The quantitative estimate of drug-likeness (QED) is 0.728. The van der Waals surface area contributed by atoms with Crippen molar-refractivity contribution in [3.63, 3.8) is 0 Å². The molecule has 0 amide bonds. The first kappa shape index (κ1) is 18.8. The van der Waals surface area contributed by atoms with Crippen LogP contribution in [0.15, 0.2) is 75.7 Å². The summed E-state index contributed by atoms with van der Waals surface area (Å²) in [6, 6.07) is 19.4. The van der Waals surface area contributed by atoms with Crippen molar-refractivity contribution in [3.05, 3.63) is 76.8 Å². The third-order valence-electron chi connectivity index (χ3n) is 5.44. The Morgan fingerprint density at radius 3 is 2.79 bits per heavy atom. The molecule has 3 aliphatic rings. The van der Waals surface area contributed by atoms with Crippen LogP contribution in [-0.4, -0.2) is 33.6 Å². The maximum Gasteiger partial charge on any atom is 0.168 e. The molecule has 148 valence electrons. The summed E-state index contributed by atoms with van der Waals surface area (Å²) in [7, 11) is 0. The van der Waals surface area contributed by atoms with Gasteiger partial charge in [-0.25, -0.2) is 0 Å². The molecule has 0 bridgehead atoms. The van der Waals surface area contributed by atoms with Gasteiger partial charge in [-0.2, -0.15) is 0 Å². The van der Waals surface area contributed by atoms with Crippen molar-refractivity contribution in [1.82, 2.24) is 4.90 Å². The van der Waals surface area contributed by atoms with Gasteiger partial charge in [-0.1, -0.05) is 72.1 Å².